The predicted octanol–water partition coefficient (Wildman–Crippen LogP) is 5.45. The maximum absolute atomic E-state index is 5.59. The molecule has 3 rings (SSSR count). The van der Waals surface area contributed by atoms with Gasteiger partial charge < -0.3 is 9.47 Å². The van der Waals surface area contributed by atoms with Gasteiger partial charge in [-0.25, -0.2) is 0 Å². The van der Waals surface area contributed by atoms with E-state index < -0.39 is 0 Å². The third-order valence-corrected chi connectivity index (χ3v) is 4.27. The van der Waals surface area contributed by atoms with E-state index in [1.807, 2.05) is 86.7 Å². The summed E-state index contributed by atoms with van der Waals surface area (Å²) in [4.78, 5) is 8.99. The normalized spacial score (nSPS) is 11.3. The first-order valence-electron chi connectivity index (χ1n) is 9.08. The Morgan fingerprint density at radius 1 is 0.643 bits per heavy atom. The van der Waals surface area contributed by atoms with Crippen LogP contribution >= 0.6 is 0 Å². The maximum atomic E-state index is 5.59. The molecule has 142 valence electrons. The molecule has 0 aliphatic heterocycles. The highest BCUT2D eigenvalue weighted by Crippen LogP contribution is 2.31. The molecule has 1 aromatic carbocycles. The first-order chi connectivity index (χ1) is 13.6. The van der Waals surface area contributed by atoms with E-state index in [0.717, 1.165) is 45.4 Å². The third-order valence-electron chi connectivity index (χ3n) is 4.27. The minimum Gasteiger partial charge on any atom is -0.496 e. The van der Waals surface area contributed by atoms with Gasteiger partial charge in [-0.2, -0.15) is 0 Å². The molecule has 0 aliphatic rings. The number of nitrogens with zero attached hydrogens (tertiary/aromatic N) is 2. The van der Waals surface area contributed by atoms with Crippen LogP contribution in [0.3, 0.4) is 0 Å². The highest BCUT2D eigenvalue weighted by Gasteiger charge is 2.08. The van der Waals surface area contributed by atoms with E-state index in [-0.39, 0.29) is 0 Å². The van der Waals surface area contributed by atoms with Gasteiger partial charge in [0.1, 0.15) is 11.5 Å². The van der Waals surface area contributed by atoms with E-state index in [0.29, 0.717) is 0 Å². The van der Waals surface area contributed by atoms with E-state index >= 15 is 0 Å². The van der Waals surface area contributed by atoms with E-state index in [1.54, 1.807) is 14.2 Å². The summed E-state index contributed by atoms with van der Waals surface area (Å²) >= 11 is 0. The molecule has 0 radical (unpaired) electrons. The molecule has 2 heterocycles. The number of hydrogen-bond donors (Lipinski definition) is 0. The summed E-state index contributed by atoms with van der Waals surface area (Å²) in [5.41, 5.74) is 5.61. The number of aryl methyl sites for hydroxylation is 2. The topological polar surface area (TPSA) is 44.2 Å². The van der Waals surface area contributed by atoms with Gasteiger partial charge in [0.2, 0.25) is 0 Å². The average Bonchev–Trinajstić information content (AvgIpc) is 2.70. The van der Waals surface area contributed by atoms with Crippen LogP contribution < -0.4 is 9.47 Å². The van der Waals surface area contributed by atoms with Crippen LogP contribution in [0.4, 0.5) is 0 Å². The highest BCUT2D eigenvalue weighted by atomic mass is 16.5. The molecule has 0 amide bonds. The summed E-state index contributed by atoms with van der Waals surface area (Å²) in [6.07, 6.45) is 7.91. The molecule has 4 heteroatoms. The molecule has 2 aromatic heterocycles. The van der Waals surface area contributed by atoms with Crippen LogP contribution in [0.25, 0.3) is 24.3 Å². The van der Waals surface area contributed by atoms with Crippen molar-refractivity contribution in [3.05, 3.63) is 82.4 Å². The smallest absolute Gasteiger partial charge is 0.126 e. The predicted molar refractivity (Wildman–Crippen MR) is 115 cm³/mol. The molecule has 0 fully saturated rings. The summed E-state index contributed by atoms with van der Waals surface area (Å²) in [5.74, 6) is 1.53. The Bertz CT molecular complexity index is 940. The maximum Gasteiger partial charge on any atom is 0.126 e. The summed E-state index contributed by atoms with van der Waals surface area (Å²) in [6, 6.07) is 15.8. The van der Waals surface area contributed by atoms with Crippen molar-refractivity contribution in [3.8, 4) is 11.5 Å². The van der Waals surface area contributed by atoms with Gasteiger partial charge in [-0.3, -0.25) is 9.97 Å². The van der Waals surface area contributed by atoms with Gasteiger partial charge in [0, 0.05) is 22.5 Å². The molecule has 0 spiro atoms. The van der Waals surface area contributed by atoms with Crippen molar-refractivity contribution < 1.29 is 9.47 Å². The lowest BCUT2D eigenvalue weighted by atomic mass is 10.1. The van der Waals surface area contributed by atoms with Crippen LogP contribution in [-0.4, -0.2) is 24.2 Å². The van der Waals surface area contributed by atoms with E-state index in [2.05, 4.69) is 9.97 Å². The minimum absolute atomic E-state index is 0.765. The van der Waals surface area contributed by atoms with Crippen LogP contribution in [0.2, 0.25) is 0 Å². The second-order valence-electron chi connectivity index (χ2n) is 6.41. The number of benzene rings is 1. The molecule has 0 N–H and O–H groups in total. The molecule has 0 saturated carbocycles. The Labute approximate surface area is 166 Å². The molecular weight excluding hydrogens is 348 g/mol. The summed E-state index contributed by atoms with van der Waals surface area (Å²) in [5, 5.41) is 0. The fourth-order valence-corrected chi connectivity index (χ4v) is 2.87. The zero-order chi connectivity index (χ0) is 19.9. The first-order valence-corrected chi connectivity index (χ1v) is 9.08. The lowest BCUT2D eigenvalue weighted by Crippen LogP contribution is -1.93. The fourth-order valence-electron chi connectivity index (χ4n) is 2.87. The van der Waals surface area contributed by atoms with Crippen molar-refractivity contribution in [2.75, 3.05) is 14.2 Å². The van der Waals surface area contributed by atoms with Gasteiger partial charge in [-0.05, 0) is 74.5 Å². The van der Waals surface area contributed by atoms with Crippen LogP contribution in [0, 0.1) is 13.8 Å². The second-order valence-corrected chi connectivity index (χ2v) is 6.41. The molecule has 0 bridgehead atoms. The quantitative estimate of drug-likeness (QED) is 0.577. The molecule has 0 unspecified atom stereocenters. The molecule has 28 heavy (non-hydrogen) atoms. The zero-order valence-corrected chi connectivity index (χ0v) is 16.6. The van der Waals surface area contributed by atoms with Crippen molar-refractivity contribution in [3.63, 3.8) is 0 Å². The van der Waals surface area contributed by atoms with Gasteiger partial charge in [-0.1, -0.05) is 12.1 Å². The average molecular weight is 372 g/mol. The van der Waals surface area contributed by atoms with Gasteiger partial charge >= 0.3 is 0 Å². The number of ether oxygens (including phenoxy) is 2. The minimum atomic E-state index is 0.765. The van der Waals surface area contributed by atoms with Gasteiger partial charge in [0.15, 0.2) is 0 Å². The first kappa shape index (κ1) is 19.4. The Kier molecular flexibility index (Phi) is 6.22. The summed E-state index contributed by atoms with van der Waals surface area (Å²) in [6.45, 7) is 3.95. The van der Waals surface area contributed by atoms with Crippen molar-refractivity contribution in [1.29, 1.82) is 0 Å². The van der Waals surface area contributed by atoms with Crippen molar-refractivity contribution >= 4 is 24.3 Å². The highest BCUT2D eigenvalue weighted by molar-refractivity contribution is 5.78. The molecule has 4 nitrogen and oxygen atoms in total. The number of methoxy groups -OCH3 is 2. The van der Waals surface area contributed by atoms with Gasteiger partial charge in [-0.15, -0.1) is 0 Å². The van der Waals surface area contributed by atoms with Crippen molar-refractivity contribution in [2.45, 2.75) is 13.8 Å². The number of hydrogen-bond acceptors (Lipinski definition) is 4. The molecule has 0 atom stereocenters. The largest absolute Gasteiger partial charge is 0.496 e. The Morgan fingerprint density at radius 2 is 1.07 bits per heavy atom. The van der Waals surface area contributed by atoms with Crippen LogP contribution in [0.1, 0.15) is 33.9 Å². The van der Waals surface area contributed by atoms with Crippen LogP contribution in [0.5, 0.6) is 11.5 Å². The number of pyridine rings is 2. The molecule has 0 saturated heterocycles. The molecular formula is C24H24N2O2. The lowest BCUT2D eigenvalue weighted by Gasteiger charge is -2.11. The Morgan fingerprint density at radius 3 is 1.43 bits per heavy atom. The lowest BCUT2D eigenvalue weighted by molar-refractivity contribution is 0.401. The monoisotopic (exact) mass is 372 g/mol. The molecule has 3 aromatic rings. The SMILES string of the molecule is COc1cc(/C=C/c2cccc(C)n2)c(OC)cc1/C=C/c1cccc(C)n1. The Balaban J connectivity index is 1.93. The standard InChI is InChI=1S/C24H24N2O2/c1-17-7-5-9-21(25-17)13-11-19-15-24(28-4)20(16-23(19)27-3)12-14-22-10-6-8-18(2)26-22/h5-16H,1-4H3/b13-11+,14-12+. The van der Waals surface area contributed by atoms with Crippen LogP contribution in [-0.2, 0) is 0 Å². The van der Waals surface area contributed by atoms with Crippen molar-refractivity contribution in [2.24, 2.45) is 0 Å². The van der Waals surface area contributed by atoms with Crippen molar-refractivity contribution in [1.82, 2.24) is 9.97 Å². The number of aromatic nitrogens is 2. The van der Waals surface area contributed by atoms with Gasteiger partial charge in [0.25, 0.3) is 0 Å². The van der Waals surface area contributed by atoms with Gasteiger partial charge in [0.05, 0.1) is 25.6 Å². The third kappa shape index (κ3) is 4.86. The van der Waals surface area contributed by atoms with E-state index in [1.165, 1.54) is 0 Å². The molecule has 0 aliphatic carbocycles. The fraction of sp³-hybridized carbons (Fsp3) is 0.167. The summed E-state index contributed by atoms with van der Waals surface area (Å²) in [7, 11) is 3.33. The Hall–Kier alpha value is -3.40. The second kappa shape index (κ2) is 9.00. The van der Waals surface area contributed by atoms with E-state index in [4.69, 9.17) is 9.47 Å². The summed E-state index contributed by atoms with van der Waals surface area (Å²) < 4.78 is 11.2. The number of rotatable bonds is 6. The zero-order valence-electron chi connectivity index (χ0n) is 16.6. The van der Waals surface area contributed by atoms with Crippen LogP contribution in [0.15, 0.2) is 48.5 Å². The van der Waals surface area contributed by atoms with E-state index in [9.17, 15) is 0 Å².